The zero-order valence-corrected chi connectivity index (χ0v) is 13.0. The van der Waals surface area contributed by atoms with Crippen molar-refractivity contribution in [1.82, 2.24) is 4.90 Å². The first-order valence-corrected chi connectivity index (χ1v) is 7.84. The third kappa shape index (κ3) is 4.24. The monoisotopic (exact) mass is 342 g/mol. The number of nitrogens with zero attached hydrogens (tertiary/aromatic N) is 2. The number of halogens is 1. The molecule has 0 unspecified atom stereocenters. The number of thioether (sulfide) groups is 1. The molecule has 1 aliphatic rings. The Labute approximate surface area is 125 Å². The van der Waals surface area contributed by atoms with Crippen molar-refractivity contribution in [2.75, 3.05) is 25.4 Å². The Balaban J connectivity index is 2.05. The van der Waals surface area contributed by atoms with E-state index in [2.05, 4.69) is 20.9 Å². The number of carbonyl (C=O) groups excluding carboxylic acids is 1. The number of aliphatic imine (C=N–C) groups is 1. The number of esters is 1. The van der Waals surface area contributed by atoms with Crippen LogP contribution in [0.25, 0.3) is 0 Å². The highest BCUT2D eigenvalue weighted by Crippen LogP contribution is 2.23. The summed E-state index contributed by atoms with van der Waals surface area (Å²) in [7, 11) is 0. The van der Waals surface area contributed by atoms with Gasteiger partial charge in [0.25, 0.3) is 0 Å². The Morgan fingerprint density at radius 2 is 2.21 bits per heavy atom. The van der Waals surface area contributed by atoms with E-state index in [1.54, 1.807) is 11.8 Å². The summed E-state index contributed by atoms with van der Waals surface area (Å²) in [5.41, 5.74) is 0.890. The van der Waals surface area contributed by atoms with Crippen LogP contribution in [-0.4, -0.2) is 41.5 Å². The standard InChI is InChI=1S/C13H15BrN2O2S/c1-2-18-12(17)9-16-7-8-19-13(16)15-11-5-3-10(14)4-6-11/h3-6H,2,7-9H2,1H3. The summed E-state index contributed by atoms with van der Waals surface area (Å²) in [6.45, 7) is 3.33. The molecule has 0 N–H and O–H groups in total. The minimum atomic E-state index is -0.200. The van der Waals surface area contributed by atoms with Crippen LogP contribution in [0.5, 0.6) is 0 Å². The molecular formula is C13H15BrN2O2S. The second kappa shape index (κ2) is 6.96. The first-order chi connectivity index (χ1) is 9.19. The summed E-state index contributed by atoms with van der Waals surface area (Å²) in [6, 6.07) is 7.79. The minimum Gasteiger partial charge on any atom is -0.465 e. The molecule has 2 rings (SSSR count). The lowest BCUT2D eigenvalue weighted by molar-refractivity contribution is -0.143. The highest BCUT2D eigenvalue weighted by molar-refractivity contribution is 9.10. The van der Waals surface area contributed by atoms with Gasteiger partial charge in [-0.1, -0.05) is 27.7 Å². The number of amidine groups is 1. The fourth-order valence-corrected chi connectivity index (χ4v) is 2.94. The quantitative estimate of drug-likeness (QED) is 0.788. The number of hydrogen-bond donors (Lipinski definition) is 0. The lowest BCUT2D eigenvalue weighted by Crippen LogP contribution is -2.31. The van der Waals surface area contributed by atoms with Crippen molar-refractivity contribution in [2.45, 2.75) is 6.92 Å². The van der Waals surface area contributed by atoms with Gasteiger partial charge in [-0.2, -0.15) is 0 Å². The second-order valence-electron chi connectivity index (χ2n) is 3.95. The number of carbonyl (C=O) groups is 1. The summed E-state index contributed by atoms with van der Waals surface area (Å²) < 4.78 is 5.99. The van der Waals surface area contributed by atoms with Gasteiger partial charge < -0.3 is 9.64 Å². The maximum Gasteiger partial charge on any atom is 0.325 e. The molecule has 0 atom stereocenters. The van der Waals surface area contributed by atoms with Gasteiger partial charge in [0.15, 0.2) is 5.17 Å². The predicted molar refractivity (Wildman–Crippen MR) is 81.9 cm³/mol. The maximum atomic E-state index is 11.5. The van der Waals surface area contributed by atoms with Gasteiger partial charge in [0.1, 0.15) is 6.54 Å². The SMILES string of the molecule is CCOC(=O)CN1CCSC1=Nc1ccc(Br)cc1. The van der Waals surface area contributed by atoms with Crippen LogP contribution in [-0.2, 0) is 9.53 Å². The molecule has 4 nitrogen and oxygen atoms in total. The Bertz CT molecular complexity index is 476. The molecule has 0 spiro atoms. The van der Waals surface area contributed by atoms with Crippen LogP contribution in [0.15, 0.2) is 33.7 Å². The molecule has 102 valence electrons. The van der Waals surface area contributed by atoms with Crippen molar-refractivity contribution in [1.29, 1.82) is 0 Å². The molecule has 0 bridgehead atoms. The molecule has 1 aromatic carbocycles. The topological polar surface area (TPSA) is 41.9 Å². The van der Waals surface area contributed by atoms with Gasteiger partial charge in [-0.3, -0.25) is 4.79 Å². The van der Waals surface area contributed by atoms with Crippen LogP contribution in [0.2, 0.25) is 0 Å². The van der Waals surface area contributed by atoms with Crippen LogP contribution in [0.3, 0.4) is 0 Å². The van der Waals surface area contributed by atoms with Crippen molar-refractivity contribution in [3.05, 3.63) is 28.7 Å². The molecule has 0 aromatic heterocycles. The summed E-state index contributed by atoms with van der Waals surface area (Å²) in [4.78, 5) is 18.0. The van der Waals surface area contributed by atoms with Crippen molar-refractivity contribution >= 4 is 44.5 Å². The Hall–Kier alpha value is -1.01. The van der Waals surface area contributed by atoms with E-state index in [4.69, 9.17) is 4.74 Å². The first-order valence-electron chi connectivity index (χ1n) is 6.06. The average molecular weight is 343 g/mol. The Morgan fingerprint density at radius 3 is 2.89 bits per heavy atom. The van der Waals surface area contributed by atoms with E-state index >= 15 is 0 Å². The van der Waals surface area contributed by atoms with Crippen molar-refractivity contribution in [3.63, 3.8) is 0 Å². The highest BCUT2D eigenvalue weighted by Gasteiger charge is 2.22. The van der Waals surface area contributed by atoms with E-state index in [0.29, 0.717) is 6.61 Å². The molecule has 1 fully saturated rings. The number of ether oxygens (including phenoxy) is 1. The summed E-state index contributed by atoms with van der Waals surface area (Å²) in [5, 5.41) is 0.885. The van der Waals surface area contributed by atoms with E-state index in [-0.39, 0.29) is 12.5 Å². The normalized spacial score (nSPS) is 16.9. The lowest BCUT2D eigenvalue weighted by atomic mass is 10.3. The van der Waals surface area contributed by atoms with Crippen molar-refractivity contribution < 1.29 is 9.53 Å². The van der Waals surface area contributed by atoms with E-state index in [1.807, 2.05) is 36.1 Å². The third-order valence-corrected chi connectivity index (χ3v) is 4.06. The fourth-order valence-electron chi connectivity index (χ4n) is 1.67. The molecule has 1 heterocycles. The molecule has 1 saturated heterocycles. The molecule has 0 aliphatic carbocycles. The minimum absolute atomic E-state index is 0.200. The smallest absolute Gasteiger partial charge is 0.325 e. The number of benzene rings is 1. The Morgan fingerprint density at radius 1 is 1.47 bits per heavy atom. The maximum absolute atomic E-state index is 11.5. The van der Waals surface area contributed by atoms with E-state index in [1.165, 1.54) is 0 Å². The predicted octanol–water partition coefficient (Wildman–Crippen LogP) is 3.05. The fraction of sp³-hybridized carbons (Fsp3) is 0.385. The largest absolute Gasteiger partial charge is 0.465 e. The molecule has 0 saturated carbocycles. The van der Waals surface area contributed by atoms with Crippen LogP contribution in [0.4, 0.5) is 5.69 Å². The van der Waals surface area contributed by atoms with Gasteiger partial charge in [0, 0.05) is 16.8 Å². The van der Waals surface area contributed by atoms with Crippen molar-refractivity contribution in [3.8, 4) is 0 Å². The Kier molecular flexibility index (Phi) is 5.27. The summed E-state index contributed by atoms with van der Waals surface area (Å²) in [6.07, 6.45) is 0. The van der Waals surface area contributed by atoms with E-state index in [0.717, 1.165) is 27.6 Å². The lowest BCUT2D eigenvalue weighted by Gasteiger charge is -2.16. The summed E-state index contributed by atoms with van der Waals surface area (Å²) in [5.74, 6) is 0.753. The third-order valence-electron chi connectivity index (χ3n) is 2.54. The van der Waals surface area contributed by atoms with Crippen LogP contribution >= 0.6 is 27.7 Å². The van der Waals surface area contributed by atoms with Crippen LogP contribution in [0.1, 0.15) is 6.92 Å². The van der Waals surface area contributed by atoms with Gasteiger partial charge in [-0.25, -0.2) is 4.99 Å². The molecule has 6 heteroatoms. The first kappa shape index (κ1) is 14.4. The van der Waals surface area contributed by atoms with Crippen LogP contribution < -0.4 is 0 Å². The van der Waals surface area contributed by atoms with Gasteiger partial charge in [0.2, 0.25) is 0 Å². The molecule has 1 aliphatic heterocycles. The molecular weight excluding hydrogens is 328 g/mol. The zero-order valence-electron chi connectivity index (χ0n) is 10.6. The number of hydrogen-bond acceptors (Lipinski definition) is 4. The van der Waals surface area contributed by atoms with Crippen LogP contribution in [0, 0.1) is 0 Å². The van der Waals surface area contributed by atoms with Gasteiger partial charge in [-0.15, -0.1) is 0 Å². The van der Waals surface area contributed by atoms with E-state index < -0.39 is 0 Å². The second-order valence-corrected chi connectivity index (χ2v) is 5.92. The molecule has 0 amide bonds. The highest BCUT2D eigenvalue weighted by atomic mass is 79.9. The number of rotatable bonds is 4. The van der Waals surface area contributed by atoms with Gasteiger partial charge in [-0.05, 0) is 31.2 Å². The zero-order chi connectivity index (χ0) is 13.7. The van der Waals surface area contributed by atoms with E-state index in [9.17, 15) is 4.79 Å². The molecule has 0 radical (unpaired) electrons. The van der Waals surface area contributed by atoms with Crippen molar-refractivity contribution in [2.24, 2.45) is 4.99 Å². The summed E-state index contributed by atoms with van der Waals surface area (Å²) >= 11 is 5.06. The average Bonchev–Trinajstić information content (AvgIpc) is 2.80. The van der Waals surface area contributed by atoms with Gasteiger partial charge >= 0.3 is 5.97 Å². The molecule has 1 aromatic rings. The molecule has 19 heavy (non-hydrogen) atoms. The van der Waals surface area contributed by atoms with Gasteiger partial charge in [0.05, 0.1) is 12.3 Å².